The molecule has 2 aliphatic rings. The molecule has 0 saturated carbocycles. The fraction of sp³-hybridized carbons (Fsp3) is 0.412. The van der Waals surface area contributed by atoms with Gasteiger partial charge in [-0.2, -0.15) is 0 Å². The molecule has 44 heavy (non-hydrogen) atoms. The molecular formula is C34H40F2N4Na2O2. The molecule has 2 radical (unpaired) electrons. The number of hydrogen-bond acceptors (Lipinski definition) is 4. The summed E-state index contributed by atoms with van der Waals surface area (Å²) in [5, 5.41) is 0. The number of nitrogens with one attached hydrogen (secondary N) is 2. The molecule has 8 bridgehead atoms. The van der Waals surface area contributed by atoms with Crippen molar-refractivity contribution in [3.63, 3.8) is 0 Å². The molecule has 0 aliphatic carbocycles. The molecule has 5 heterocycles. The Morgan fingerprint density at radius 2 is 1.27 bits per heavy atom. The molecule has 224 valence electrons. The van der Waals surface area contributed by atoms with Gasteiger partial charge in [-0.05, 0) is 113 Å². The van der Waals surface area contributed by atoms with Crippen LogP contribution in [0.5, 0.6) is 0 Å². The Morgan fingerprint density at radius 3 is 1.93 bits per heavy atom. The van der Waals surface area contributed by atoms with Gasteiger partial charge in [0.15, 0.2) is 0 Å². The first-order valence-electron chi connectivity index (χ1n) is 15.0. The number of fused-ring (bicyclic) bond motifs is 8. The summed E-state index contributed by atoms with van der Waals surface area (Å²) in [5.41, 5.74) is 9.13. The molecule has 0 amide bonds. The Labute approximate surface area is 302 Å². The van der Waals surface area contributed by atoms with E-state index in [2.05, 4.69) is 22.1 Å². The van der Waals surface area contributed by atoms with Crippen LogP contribution in [-0.4, -0.2) is 112 Å². The van der Waals surface area contributed by atoms with Crippen molar-refractivity contribution in [3.8, 4) is 0 Å². The van der Waals surface area contributed by atoms with Crippen LogP contribution in [0.2, 0.25) is 0 Å². The standard InChI is InChI=1S/C34H40F2N4O2.2Na/c1-23(41-15-7-3-5-13-35)31-19-29-18-27-10-9-25(37-27)17-26-11-12-28(38-26)21-33-32(20-30(40-33)22-34(31)39-29)24(2)42-16-8-4-6-14-36;;/h9-12,17-24,38-39H,3-8,13-16H2,1-2H3;;. The maximum atomic E-state index is 12.5. The van der Waals surface area contributed by atoms with Crippen molar-refractivity contribution in [1.29, 1.82) is 0 Å². The number of aromatic nitrogens is 4. The van der Waals surface area contributed by atoms with Gasteiger partial charge in [0.05, 0.1) is 48.3 Å². The van der Waals surface area contributed by atoms with Crippen molar-refractivity contribution in [2.45, 2.75) is 64.6 Å². The third kappa shape index (κ3) is 10.2. The van der Waals surface area contributed by atoms with Crippen molar-refractivity contribution in [2.75, 3.05) is 26.6 Å². The molecule has 3 aromatic rings. The minimum absolute atomic E-state index is 0. The fourth-order valence-corrected chi connectivity index (χ4v) is 5.24. The summed E-state index contributed by atoms with van der Waals surface area (Å²) < 4.78 is 37.3. The van der Waals surface area contributed by atoms with Gasteiger partial charge in [-0.15, -0.1) is 0 Å². The third-order valence-corrected chi connectivity index (χ3v) is 7.52. The zero-order chi connectivity index (χ0) is 29.3. The fourth-order valence-electron chi connectivity index (χ4n) is 5.24. The van der Waals surface area contributed by atoms with Gasteiger partial charge in [-0.25, -0.2) is 9.97 Å². The van der Waals surface area contributed by atoms with Crippen molar-refractivity contribution in [3.05, 3.63) is 70.8 Å². The van der Waals surface area contributed by atoms with Crippen LogP contribution in [0.25, 0.3) is 45.9 Å². The van der Waals surface area contributed by atoms with Crippen LogP contribution >= 0.6 is 0 Å². The van der Waals surface area contributed by atoms with E-state index in [0.717, 1.165) is 81.7 Å². The zero-order valence-corrected chi connectivity index (χ0v) is 30.5. The van der Waals surface area contributed by atoms with Gasteiger partial charge in [0.25, 0.3) is 0 Å². The first-order chi connectivity index (χ1) is 20.5. The van der Waals surface area contributed by atoms with Crippen LogP contribution in [0.4, 0.5) is 8.78 Å². The van der Waals surface area contributed by atoms with E-state index in [4.69, 9.17) is 19.4 Å². The molecule has 3 aromatic heterocycles. The summed E-state index contributed by atoms with van der Waals surface area (Å²) in [5.74, 6) is 0. The Morgan fingerprint density at radius 1 is 0.659 bits per heavy atom. The van der Waals surface area contributed by atoms with Crippen molar-refractivity contribution >= 4 is 105 Å². The number of alkyl halides is 2. The van der Waals surface area contributed by atoms with Gasteiger partial charge in [-0.1, -0.05) is 0 Å². The van der Waals surface area contributed by atoms with E-state index in [1.807, 2.05) is 62.4 Å². The summed E-state index contributed by atoms with van der Waals surface area (Å²) in [6.07, 6.45) is 10.2. The van der Waals surface area contributed by atoms with E-state index >= 15 is 0 Å². The largest absolute Gasteiger partial charge is 0.374 e. The molecule has 5 rings (SSSR count). The monoisotopic (exact) mass is 620 g/mol. The molecule has 0 fully saturated rings. The van der Waals surface area contributed by atoms with Crippen molar-refractivity contribution in [1.82, 2.24) is 19.9 Å². The molecule has 2 atom stereocenters. The summed E-state index contributed by atoms with van der Waals surface area (Å²) >= 11 is 0. The van der Waals surface area contributed by atoms with Gasteiger partial charge in [-0.3, -0.25) is 8.78 Å². The molecule has 2 unspecified atom stereocenters. The van der Waals surface area contributed by atoms with E-state index in [9.17, 15) is 8.78 Å². The number of aromatic amines is 2. The number of H-pyrrole nitrogens is 2. The molecule has 6 nitrogen and oxygen atoms in total. The third-order valence-electron chi connectivity index (χ3n) is 7.52. The topological polar surface area (TPSA) is 75.8 Å². The van der Waals surface area contributed by atoms with Gasteiger partial charge < -0.3 is 19.4 Å². The second-order valence-electron chi connectivity index (χ2n) is 10.9. The van der Waals surface area contributed by atoms with E-state index in [1.54, 1.807) is 0 Å². The van der Waals surface area contributed by atoms with Gasteiger partial charge in [0.1, 0.15) is 0 Å². The molecule has 0 spiro atoms. The quantitative estimate of drug-likeness (QED) is 0.111. The van der Waals surface area contributed by atoms with Gasteiger partial charge >= 0.3 is 0 Å². The van der Waals surface area contributed by atoms with Crippen LogP contribution in [0.3, 0.4) is 0 Å². The average Bonchev–Trinajstić information content (AvgIpc) is 3.77. The predicted octanol–water partition coefficient (Wildman–Crippen LogP) is 8.03. The molecule has 2 N–H and O–H groups in total. The maximum absolute atomic E-state index is 12.5. The minimum atomic E-state index is -0.290. The molecule has 0 aromatic carbocycles. The minimum Gasteiger partial charge on any atom is -0.374 e. The first-order valence-corrected chi connectivity index (χ1v) is 15.0. The van der Waals surface area contributed by atoms with E-state index < -0.39 is 0 Å². The number of unbranched alkanes of at least 4 members (excludes halogenated alkanes) is 4. The predicted molar refractivity (Wildman–Crippen MR) is 179 cm³/mol. The summed E-state index contributed by atoms with van der Waals surface area (Å²) in [7, 11) is 0. The van der Waals surface area contributed by atoms with E-state index in [1.165, 1.54) is 0 Å². The van der Waals surface area contributed by atoms with Crippen LogP contribution < -0.4 is 0 Å². The number of ether oxygens (including phenoxy) is 2. The molecular weight excluding hydrogens is 580 g/mol. The van der Waals surface area contributed by atoms with Crippen molar-refractivity contribution in [2.24, 2.45) is 0 Å². The first kappa shape index (κ1) is 36.8. The SMILES string of the molecule is CC(OCCCCCF)C1=Cc2cc3[nH]c(cc4nc(cc5ccc(cc1n2)[nH]5)C=C4)cc3C(C)OCCCCCF.[Na].[Na]. The summed E-state index contributed by atoms with van der Waals surface area (Å²) in [4.78, 5) is 16.8. The smallest absolute Gasteiger partial charge is 0.0894 e. The Bertz CT molecular complexity index is 1580. The number of hydrogen-bond donors (Lipinski definition) is 2. The normalized spacial score (nSPS) is 13.6. The number of halogens is 2. The summed E-state index contributed by atoms with van der Waals surface area (Å²) in [6, 6.07) is 14.3. The van der Waals surface area contributed by atoms with E-state index in [0.29, 0.717) is 26.1 Å². The number of nitrogens with zero attached hydrogens (tertiary/aromatic N) is 2. The number of rotatable bonds is 14. The van der Waals surface area contributed by atoms with Crippen LogP contribution in [0.15, 0.2) is 42.5 Å². The molecule has 10 heteroatoms. The van der Waals surface area contributed by atoms with Gasteiger partial charge in [0, 0.05) is 106 Å². The Hall–Kier alpha value is -1.62. The van der Waals surface area contributed by atoms with Crippen LogP contribution in [0, 0.1) is 0 Å². The molecule has 2 aliphatic heterocycles. The summed E-state index contributed by atoms with van der Waals surface area (Å²) in [6.45, 7) is 4.64. The van der Waals surface area contributed by atoms with E-state index in [-0.39, 0.29) is 84.7 Å². The van der Waals surface area contributed by atoms with Crippen molar-refractivity contribution < 1.29 is 18.3 Å². The van der Waals surface area contributed by atoms with Crippen LogP contribution in [-0.2, 0) is 9.47 Å². The second kappa shape index (κ2) is 18.5. The van der Waals surface area contributed by atoms with Crippen LogP contribution in [0.1, 0.15) is 86.8 Å². The maximum Gasteiger partial charge on any atom is 0.0894 e. The second-order valence-corrected chi connectivity index (χ2v) is 10.9. The van der Waals surface area contributed by atoms with Gasteiger partial charge in [0.2, 0.25) is 0 Å². The Kier molecular flexibility index (Phi) is 15.5. The average molecular weight is 621 g/mol. The molecule has 0 saturated heterocycles. The Balaban J connectivity index is 0.00000264. The zero-order valence-electron chi connectivity index (χ0n) is 26.5.